The SMILES string of the molecule is C=C(N)C(/C(Br)=C\C)=C(N)\N=C/N.CC1CCC(/C=C/CCCN2CCC3(CCC3)C2)O1. The van der Waals surface area contributed by atoms with Gasteiger partial charge in [-0.25, -0.2) is 4.99 Å². The number of likely N-dealkylation sites (tertiary alicyclic amines) is 1. The highest BCUT2D eigenvalue weighted by Gasteiger charge is 2.42. The maximum atomic E-state index is 5.79. The molecule has 6 N–H and O–H groups in total. The summed E-state index contributed by atoms with van der Waals surface area (Å²) in [7, 11) is 0. The quantitative estimate of drug-likeness (QED) is 0.145. The summed E-state index contributed by atoms with van der Waals surface area (Å²) in [5, 5.41) is 0. The van der Waals surface area contributed by atoms with Crippen LogP contribution in [0.2, 0.25) is 0 Å². The number of nitrogens with two attached hydrogens (primary N) is 3. The molecule has 2 saturated heterocycles. The normalized spacial score (nSPS) is 26.3. The maximum absolute atomic E-state index is 5.79. The van der Waals surface area contributed by atoms with E-state index in [9.17, 15) is 0 Å². The summed E-state index contributed by atoms with van der Waals surface area (Å²) < 4.78 is 6.53. The molecule has 7 heteroatoms. The second-order valence-corrected chi connectivity index (χ2v) is 10.1. The van der Waals surface area contributed by atoms with Crippen molar-refractivity contribution in [2.75, 3.05) is 19.6 Å². The third-order valence-electron chi connectivity index (χ3n) is 6.68. The van der Waals surface area contributed by atoms with Gasteiger partial charge in [0.25, 0.3) is 0 Å². The van der Waals surface area contributed by atoms with Gasteiger partial charge in [0.15, 0.2) is 0 Å². The summed E-state index contributed by atoms with van der Waals surface area (Å²) in [4.78, 5) is 6.41. The lowest BCUT2D eigenvalue weighted by molar-refractivity contribution is 0.0832. The third-order valence-corrected chi connectivity index (χ3v) is 7.53. The minimum atomic E-state index is 0.236. The van der Waals surface area contributed by atoms with Crippen molar-refractivity contribution in [3.63, 3.8) is 0 Å². The monoisotopic (exact) mass is 507 g/mol. The predicted molar refractivity (Wildman–Crippen MR) is 139 cm³/mol. The van der Waals surface area contributed by atoms with Crippen LogP contribution in [0, 0.1) is 5.41 Å². The number of hydrogen-bond donors (Lipinski definition) is 3. The Labute approximate surface area is 202 Å². The number of hydrogen-bond acceptors (Lipinski definition) is 5. The van der Waals surface area contributed by atoms with Crippen molar-refractivity contribution < 1.29 is 4.74 Å². The summed E-state index contributed by atoms with van der Waals surface area (Å²) in [6.45, 7) is 11.6. The first-order chi connectivity index (χ1) is 15.3. The van der Waals surface area contributed by atoms with Gasteiger partial charge in [0.2, 0.25) is 0 Å². The Balaban J connectivity index is 0.000000247. The molecule has 0 bridgehead atoms. The van der Waals surface area contributed by atoms with Crippen molar-refractivity contribution in [1.29, 1.82) is 0 Å². The third kappa shape index (κ3) is 8.09. The maximum Gasteiger partial charge on any atom is 0.135 e. The van der Waals surface area contributed by atoms with Crippen molar-refractivity contribution in [3.8, 4) is 0 Å². The van der Waals surface area contributed by atoms with Crippen molar-refractivity contribution in [2.24, 2.45) is 27.6 Å². The fraction of sp³-hybridized carbons (Fsp3) is 0.640. The molecule has 1 spiro atoms. The summed E-state index contributed by atoms with van der Waals surface area (Å²) >= 11 is 3.28. The van der Waals surface area contributed by atoms with Crippen LogP contribution >= 0.6 is 15.9 Å². The molecule has 3 aliphatic rings. The molecule has 180 valence electrons. The van der Waals surface area contributed by atoms with Gasteiger partial charge in [-0.2, -0.15) is 0 Å². The van der Waals surface area contributed by atoms with Crippen LogP contribution in [0.1, 0.15) is 65.2 Å². The standard InChI is InChI=1S/C17H29NO.C8H13BrN4/c1-15-7-8-16(19-15)6-3-2-4-12-18-13-11-17(14-18)9-5-10-17;1-3-6(9)7(5(2)11)8(12)13-4-10/h3,6,15-16H,2,4-5,7-14H2,1H3;3-4H,2,11-12H2,1H3,(H2,10,13)/b6-3+;6-3+,8-7+. The lowest BCUT2D eigenvalue weighted by Gasteiger charge is -2.38. The largest absolute Gasteiger partial charge is 0.399 e. The molecule has 0 aromatic carbocycles. The number of ether oxygens (including phenoxy) is 1. The van der Waals surface area contributed by atoms with Gasteiger partial charge in [-0.1, -0.05) is 47.2 Å². The fourth-order valence-electron chi connectivity index (χ4n) is 4.69. The van der Waals surface area contributed by atoms with Crippen LogP contribution in [0.4, 0.5) is 0 Å². The molecule has 0 aromatic heterocycles. The average Bonchev–Trinajstić information content (AvgIpc) is 3.34. The van der Waals surface area contributed by atoms with E-state index >= 15 is 0 Å². The zero-order valence-corrected chi connectivity index (χ0v) is 21.4. The molecule has 1 saturated carbocycles. The van der Waals surface area contributed by atoms with Crippen LogP contribution in [-0.4, -0.2) is 43.1 Å². The highest BCUT2D eigenvalue weighted by molar-refractivity contribution is 9.12. The van der Waals surface area contributed by atoms with Gasteiger partial charge in [-0.15, -0.1) is 0 Å². The summed E-state index contributed by atoms with van der Waals surface area (Å²) in [5.41, 5.74) is 17.9. The molecule has 6 nitrogen and oxygen atoms in total. The van der Waals surface area contributed by atoms with E-state index in [0.717, 1.165) is 16.2 Å². The Morgan fingerprint density at radius 1 is 1.28 bits per heavy atom. The fourth-order valence-corrected chi connectivity index (χ4v) is 5.15. The van der Waals surface area contributed by atoms with Crippen molar-refractivity contribution in [2.45, 2.75) is 77.4 Å². The first-order valence-corrected chi connectivity index (χ1v) is 12.6. The molecule has 0 aromatic rings. The van der Waals surface area contributed by atoms with Crippen LogP contribution in [0.15, 0.2) is 51.4 Å². The highest BCUT2D eigenvalue weighted by atomic mass is 79.9. The van der Waals surface area contributed by atoms with Gasteiger partial charge in [0, 0.05) is 16.7 Å². The zero-order chi connectivity index (χ0) is 23.6. The van der Waals surface area contributed by atoms with E-state index in [4.69, 9.17) is 21.9 Å². The molecule has 32 heavy (non-hydrogen) atoms. The van der Waals surface area contributed by atoms with Gasteiger partial charge >= 0.3 is 0 Å². The lowest BCUT2D eigenvalue weighted by atomic mass is 9.68. The van der Waals surface area contributed by atoms with Crippen molar-refractivity contribution in [1.82, 2.24) is 4.90 Å². The number of allylic oxidation sites excluding steroid dienone is 3. The Hall–Kier alpha value is -1.57. The summed E-state index contributed by atoms with van der Waals surface area (Å²) in [6, 6.07) is 0. The summed E-state index contributed by atoms with van der Waals surface area (Å²) in [6.07, 6.45) is 19.3. The van der Waals surface area contributed by atoms with Gasteiger partial charge in [0.05, 0.1) is 24.1 Å². The van der Waals surface area contributed by atoms with E-state index in [1.54, 1.807) is 6.08 Å². The number of halogens is 1. The van der Waals surface area contributed by atoms with Gasteiger partial charge in [0.1, 0.15) is 5.82 Å². The Bertz CT molecular complexity index is 739. The highest BCUT2D eigenvalue weighted by Crippen LogP contribution is 2.47. The topological polar surface area (TPSA) is 103 Å². The molecule has 2 aliphatic heterocycles. The molecule has 2 unspecified atom stereocenters. The Morgan fingerprint density at radius 2 is 2.03 bits per heavy atom. The van der Waals surface area contributed by atoms with Crippen LogP contribution in [-0.2, 0) is 4.74 Å². The smallest absolute Gasteiger partial charge is 0.135 e. The number of nitrogens with zero attached hydrogens (tertiary/aromatic N) is 2. The molecule has 0 radical (unpaired) electrons. The van der Waals surface area contributed by atoms with Crippen molar-refractivity contribution in [3.05, 3.63) is 46.4 Å². The molecular weight excluding hydrogens is 466 g/mol. The Morgan fingerprint density at radius 3 is 2.53 bits per heavy atom. The minimum absolute atomic E-state index is 0.236. The number of aliphatic imine (C=N–C) groups is 1. The van der Waals surface area contributed by atoms with E-state index in [-0.39, 0.29) is 5.82 Å². The molecule has 2 heterocycles. The molecule has 3 rings (SSSR count). The number of unbranched alkanes of at least 4 members (excludes halogenated alkanes) is 1. The average molecular weight is 509 g/mol. The van der Waals surface area contributed by atoms with Crippen molar-refractivity contribution >= 4 is 22.3 Å². The van der Waals surface area contributed by atoms with Gasteiger partial charge in [-0.05, 0) is 77.3 Å². The van der Waals surface area contributed by atoms with Crippen LogP contribution in [0.5, 0.6) is 0 Å². The molecular formula is C25H42BrN5O. The van der Waals surface area contributed by atoms with E-state index in [2.05, 4.69) is 51.5 Å². The predicted octanol–water partition coefficient (Wildman–Crippen LogP) is 4.68. The minimum Gasteiger partial charge on any atom is -0.399 e. The first-order valence-electron chi connectivity index (χ1n) is 11.9. The van der Waals surface area contributed by atoms with E-state index < -0.39 is 0 Å². The summed E-state index contributed by atoms with van der Waals surface area (Å²) in [5.74, 6) is 0.236. The molecule has 3 fully saturated rings. The second kappa shape index (κ2) is 13.2. The molecule has 0 amide bonds. The Kier molecular flexibility index (Phi) is 11.0. The van der Waals surface area contributed by atoms with E-state index in [0.29, 0.717) is 23.5 Å². The van der Waals surface area contributed by atoms with E-state index in [1.165, 1.54) is 71.0 Å². The van der Waals surface area contributed by atoms with E-state index in [1.807, 2.05) is 6.92 Å². The zero-order valence-electron chi connectivity index (χ0n) is 19.9. The van der Waals surface area contributed by atoms with Crippen LogP contribution in [0.25, 0.3) is 0 Å². The second-order valence-electron chi connectivity index (χ2n) is 9.21. The van der Waals surface area contributed by atoms with Crippen LogP contribution in [0.3, 0.4) is 0 Å². The van der Waals surface area contributed by atoms with Gasteiger partial charge in [-0.3, -0.25) is 0 Å². The van der Waals surface area contributed by atoms with Crippen LogP contribution < -0.4 is 17.2 Å². The molecule has 2 atom stereocenters. The van der Waals surface area contributed by atoms with Gasteiger partial charge < -0.3 is 26.8 Å². The lowest BCUT2D eigenvalue weighted by Crippen LogP contribution is -2.33. The number of rotatable bonds is 8. The molecule has 1 aliphatic carbocycles. The first kappa shape index (κ1) is 26.7.